The molecule has 2 amide bonds. The van der Waals surface area contributed by atoms with Crippen molar-refractivity contribution in [1.82, 2.24) is 9.80 Å². The summed E-state index contributed by atoms with van der Waals surface area (Å²) >= 11 is 0. The Balaban J connectivity index is 1.95. The zero-order valence-corrected chi connectivity index (χ0v) is 9.01. The first-order valence-electron chi connectivity index (χ1n) is 5.18. The quantitative estimate of drug-likeness (QED) is 0.593. The van der Waals surface area contributed by atoms with Crippen LogP contribution < -0.4 is 0 Å². The zero-order chi connectivity index (χ0) is 11.2. The molecule has 2 rings (SSSR count). The number of likely N-dealkylation sites (N-methyl/N-ethyl adjacent to an activating group) is 1. The van der Waals surface area contributed by atoms with Crippen molar-refractivity contribution in [2.24, 2.45) is 17.8 Å². The maximum atomic E-state index is 11.7. The van der Waals surface area contributed by atoms with E-state index in [0.29, 0.717) is 13.1 Å². The van der Waals surface area contributed by atoms with Crippen molar-refractivity contribution in [3.63, 3.8) is 0 Å². The first-order chi connectivity index (χ1) is 7.07. The van der Waals surface area contributed by atoms with Gasteiger partial charge in [0.2, 0.25) is 11.8 Å². The highest BCUT2D eigenvalue weighted by molar-refractivity contribution is 6.09. The molecule has 0 aromatic rings. The molecule has 0 aromatic carbocycles. The van der Waals surface area contributed by atoms with Crippen LogP contribution in [0.4, 0.5) is 0 Å². The minimum Gasteiger partial charge on any atom is -0.396 e. The highest BCUT2D eigenvalue weighted by Gasteiger charge is 2.66. The molecule has 0 radical (unpaired) electrons. The highest BCUT2D eigenvalue weighted by atomic mass is 16.3. The van der Waals surface area contributed by atoms with Crippen LogP contribution in [0.3, 0.4) is 0 Å². The van der Waals surface area contributed by atoms with E-state index >= 15 is 0 Å². The molecule has 5 nitrogen and oxygen atoms in total. The van der Waals surface area contributed by atoms with Crippen LogP contribution in [0.25, 0.3) is 0 Å². The van der Waals surface area contributed by atoms with Gasteiger partial charge < -0.3 is 10.0 Å². The summed E-state index contributed by atoms with van der Waals surface area (Å²) in [5.74, 6) is -0.716. The molecule has 2 atom stereocenters. The Morgan fingerprint density at radius 1 is 1.27 bits per heavy atom. The third kappa shape index (κ3) is 1.55. The Hall–Kier alpha value is -0.940. The number of hydrogen-bond donors (Lipinski definition) is 1. The lowest BCUT2D eigenvalue weighted by Gasteiger charge is -2.19. The Labute approximate surface area is 88.6 Å². The zero-order valence-electron chi connectivity index (χ0n) is 9.01. The van der Waals surface area contributed by atoms with E-state index in [2.05, 4.69) is 0 Å². The molecule has 1 aliphatic carbocycles. The third-order valence-electron chi connectivity index (χ3n) is 3.25. The van der Waals surface area contributed by atoms with E-state index in [0.717, 1.165) is 0 Å². The van der Waals surface area contributed by atoms with Gasteiger partial charge in [0.25, 0.3) is 0 Å². The second kappa shape index (κ2) is 3.57. The number of nitrogens with zero attached hydrogens (tertiary/aromatic N) is 2. The molecule has 0 aromatic heterocycles. The van der Waals surface area contributed by atoms with Gasteiger partial charge in [0.1, 0.15) is 0 Å². The van der Waals surface area contributed by atoms with Crippen LogP contribution in [-0.2, 0) is 9.59 Å². The first kappa shape index (κ1) is 10.6. The maximum absolute atomic E-state index is 11.7. The molecule has 1 saturated carbocycles. The predicted octanol–water partition coefficient (Wildman–Crippen LogP) is -1.23. The van der Waals surface area contributed by atoms with Gasteiger partial charge >= 0.3 is 0 Å². The van der Waals surface area contributed by atoms with Crippen molar-refractivity contribution in [1.29, 1.82) is 0 Å². The second-order valence-electron chi connectivity index (χ2n) is 4.53. The van der Waals surface area contributed by atoms with E-state index < -0.39 is 0 Å². The van der Waals surface area contributed by atoms with Gasteiger partial charge in [-0.1, -0.05) is 0 Å². The van der Waals surface area contributed by atoms with Crippen LogP contribution >= 0.6 is 0 Å². The number of carbonyl (C=O) groups is 2. The molecule has 2 fully saturated rings. The standard InChI is InChI=1S/C10H16N2O3/c1-11(2)3-4-12-9(14)7-6(5-13)8(7)10(12)15/h6-8,13H,3-5H2,1-2H3. The van der Waals surface area contributed by atoms with E-state index in [-0.39, 0.29) is 36.2 Å². The summed E-state index contributed by atoms with van der Waals surface area (Å²) in [7, 11) is 3.81. The number of imide groups is 1. The largest absolute Gasteiger partial charge is 0.396 e. The van der Waals surface area contributed by atoms with E-state index in [9.17, 15) is 9.59 Å². The monoisotopic (exact) mass is 212 g/mol. The second-order valence-corrected chi connectivity index (χ2v) is 4.53. The minimum atomic E-state index is -0.218. The molecular weight excluding hydrogens is 196 g/mol. The molecule has 84 valence electrons. The van der Waals surface area contributed by atoms with E-state index in [1.165, 1.54) is 4.90 Å². The number of likely N-dealkylation sites (tertiary alicyclic amines) is 1. The van der Waals surface area contributed by atoms with Crippen molar-refractivity contribution in [2.75, 3.05) is 33.8 Å². The normalized spacial score (nSPS) is 33.9. The van der Waals surface area contributed by atoms with Crippen LogP contribution in [0, 0.1) is 17.8 Å². The Kier molecular flexibility index (Phi) is 2.52. The summed E-state index contributed by atoms with van der Waals surface area (Å²) in [5.41, 5.74) is 0. The summed E-state index contributed by atoms with van der Waals surface area (Å²) in [6.07, 6.45) is 0. The highest BCUT2D eigenvalue weighted by Crippen LogP contribution is 2.52. The molecule has 2 unspecified atom stereocenters. The molecule has 0 bridgehead atoms. The number of aliphatic hydroxyl groups excluding tert-OH is 1. The lowest BCUT2D eigenvalue weighted by atomic mass is 10.2. The number of hydrogen-bond acceptors (Lipinski definition) is 4. The molecule has 0 spiro atoms. The number of carbonyl (C=O) groups excluding carboxylic acids is 2. The first-order valence-corrected chi connectivity index (χ1v) is 5.18. The van der Waals surface area contributed by atoms with Gasteiger partial charge in [-0.15, -0.1) is 0 Å². The lowest BCUT2D eigenvalue weighted by molar-refractivity contribution is -0.142. The van der Waals surface area contributed by atoms with Crippen molar-refractivity contribution < 1.29 is 14.7 Å². The van der Waals surface area contributed by atoms with E-state index in [1.54, 1.807) is 0 Å². The molecule has 2 aliphatic rings. The molecule has 1 N–H and O–H groups in total. The summed E-state index contributed by atoms with van der Waals surface area (Å²) < 4.78 is 0. The Morgan fingerprint density at radius 3 is 2.20 bits per heavy atom. The lowest BCUT2D eigenvalue weighted by Crippen LogP contribution is -2.39. The predicted molar refractivity (Wildman–Crippen MR) is 52.8 cm³/mol. The molecular formula is C10H16N2O3. The summed E-state index contributed by atoms with van der Waals surface area (Å²) in [6, 6.07) is 0. The SMILES string of the molecule is CN(C)CCN1C(=O)C2C(CO)C2C1=O. The molecule has 1 saturated heterocycles. The number of rotatable bonds is 4. The molecule has 1 aliphatic heterocycles. The van der Waals surface area contributed by atoms with Crippen molar-refractivity contribution >= 4 is 11.8 Å². The van der Waals surface area contributed by atoms with Crippen LogP contribution in [0.1, 0.15) is 0 Å². The molecule has 1 heterocycles. The maximum Gasteiger partial charge on any atom is 0.233 e. The van der Waals surface area contributed by atoms with Crippen LogP contribution in [0.5, 0.6) is 0 Å². The number of fused-ring (bicyclic) bond motifs is 1. The van der Waals surface area contributed by atoms with Crippen molar-refractivity contribution in [3.05, 3.63) is 0 Å². The van der Waals surface area contributed by atoms with Gasteiger partial charge in [-0.25, -0.2) is 0 Å². The van der Waals surface area contributed by atoms with Gasteiger partial charge in [-0.2, -0.15) is 0 Å². The van der Waals surface area contributed by atoms with Crippen molar-refractivity contribution in [2.45, 2.75) is 0 Å². The fraction of sp³-hybridized carbons (Fsp3) is 0.800. The van der Waals surface area contributed by atoms with Gasteiger partial charge in [0, 0.05) is 25.6 Å². The molecule has 15 heavy (non-hydrogen) atoms. The fourth-order valence-electron chi connectivity index (χ4n) is 2.26. The minimum absolute atomic E-state index is 0.0473. The number of amides is 2. The smallest absolute Gasteiger partial charge is 0.233 e. The van der Waals surface area contributed by atoms with E-state index in [4.69, 9.17) is 5.11 Å². The fourth-order valence-corrected chi connectivity index (χ4v) is 2.26. The van der Waals surface area contributed by atoms with Crippen LogP contribution in [0.2, 0.25) is 0 Å². The average Bonchev–Trinajstić information content (AvgIpc) is 2.84. The number of piperidine rings is 1. The third-order valence-corrected chi connectivity index (χ3v) is 3.25. The Morgan fingerprint density at radius 2 is 1.80 bits per heavy atom. The summed E-state index contributed by atoms with van der Waals surface area (Å²) in [4.78, 5) is 26.7. The number of aliphatic hydroxyl groups is 1. The van der Waals surface area contributed by atoms with Crippen LogP contribution in [0.15, 0.2) is 0 Å². The Bertz CT molecular complexity index is 281. The van der Waals surface area contributed by atoms with Gasteiger partial charge in [0.05, 0.1) is 11.8 Å². The van der Waals surface area contributed by atoms with Gasteiger partial charge in [-0.3, -0.25) is 14.5 Å². The van der Waals surface area contributed by atoms with Crippen LogP contribution in [-0.4, -0.2) is 60.5 Å². The average molecular weight is 212 g/mol. The van der Waals surface area contributed by atoms with Crippen molar-refractivity contribution in [3.8, 4) is 0 Å². The molecule has 5 heteroatoms. The van der Waals surface area contributed by atoms with Gasteiger partial charge in [-0.05, 0) is 14.1 Å². The van der Waals surface area contributed by atoms with Gasteiger partial charge in [0.15, 0.2) is 0 Å². The topological polar surface area (TPSA) is 60.9 Å². The summed E-state index contributed by atoms with van der Waals surface area (Å²) in [6.45, 7) is 1.12. The van der Waals surface area contributed by atoms with E-state index in [1.807, 2.05) is 19.0 Å². The summed E-state index contributed by atoms with van der Waals surface area (Å²) in [5, 5.41) is 8.92.